The molecule has 1 aromatic carbocycles. The summed E-state index contributed by atoms with van der Waals surface area (Å²) in [5, 5.41) is 13.4. The number of nitro groups is 1. The predicted octanol–water partition coefficient (Wildman–Crippen LogP) is 3.02. The van der Waals surface area contributed by atoms with Crippen LogP contribution in [0.15, 0.2) is 28.2 Å². The molecule has 2 N–H and O–H groups in total. The fourth-order valence-corrected chi connectivity index (χ4v) is 3.01. The van der Waals surface area contributed by atoms with Gasteiger partial charge in [0.25, 0.3) is 11.2 Å². The first-order valence-corrected chi connectivity index (χ1v) is 8.14. The Balaban J connectivity index is 2.07. The zero-order valence-corrected chi connectivity index (χ0v) is 14.5. The van der Waals surface area contributed by atoms with Crippen LogP contribution in [0.2, 0.25) is 10.0 Å². The van der Waals surface area contributed by atoms with E-state index in [1.807, 2.05) is 0 Å². The van der Waals surface area contributed by atoms with Crippen LogP contribution in [0.3, 0.4) is 0 Å². The Labute approximate surface area is 149 Å². The molecule has 0 unspecified atom stereocenters. The molecule has 0 saturated carbocycles. The number of hydrogen-bond donors (Lipinski definition) is 2. The summed E-state index contributed by atoms with van der Waals surface area (Å²) in [4.78, 5) is 40.0. The van der Waals surface area contributed by atoms with Crippen molar-refractivity contribution < 1.29 is 9.72 Å². The topological polar surface area (TPSA) is 118 Å². The first-order valence-electron chi connectivity index (χ1n) is 6.40. The van der Waals surface area contributed by atoms with Crippen molar-refractivity contribution in [1.82, 2.24) is 9.97 Å². The minimum Gasteiger partial charge on any atom is -0.323 e. The molecule has 0 aliphatic rings. The van der Waals surface area contributed by atoms with Gasteiger partial charge in [-0.15, -0.1) is 0 Å². The molecule has 24 heavy (non-hydrogen) atoms. The van der Waals surface area contributed by atoms with Crippen molar-refractivity contribution in [2.45, 2.75) is 12.1 Å². The maximum Gasteiger partial charge on any atom is 0.272 e. The molecule has 1 aromatic heterocycles. The van der Waals surface area contributed by atoms with Crippen LogP contribution in [0.5, 0.6) is 0 Å². The van der Waals surface area contributed by atoms with Gasteiger partial charge in [0.1, 0.15) is 0 Å². The Morgan fingerprint density at radius 1 is 1.38 bits per heavy atom. The Bertz CT molecular complexity index is 848. The molecule has 126 valence electrons. The van der Waals surface area contributed by atoms with E-state index >= 15 is 0 Å². The van der Waals surface area contributed by atoms with E-state index in [2.05, 4.69) is 15.3 Å². The molecule has 2 aromatic rings. The second-order valence-electron chi connectivity index (χ2n) is 4.57. The van der Waals surface area contributed by atoms with Crippen molar-refractivity contribution in [1.29, 1.82) is 0 Å². The second-order valence-corrected chi connectivity index (χ2v) is 6.35. The monoisotopic (exact) mass is 388 g/mol. The molecule has 0 aliphatic heterocycles. The Hall–Kier alpha value is -2.10. The van der Waals surface area contributed by atoms with Crippen molar-refractivity contribution in [3.05, 3.63) is 54.4 Å². The smallest absolute Gasteiger partial charge is 0.272 e. The largest absolute Gasteiger partial charge is 0.323 e. The molecule has 8 nitrogen and oxygen atoms in total. The van der Waals surface area contributed by atoms with E-state index in [0.29, 0.717) is 10.9 Å². The van der Waals surface area contributed by atoms with Crippen molar-refractivity contribution in [3.63, 3.8) is 0 Å². The molecule has 2 rings (SSSR count). The number of rotatable bonds is 5. The molecular weight excluding hydrogens is 379 g/mol. The van der Waals surface area contributed by atoms with Crippen molar-refractivity contribution in [3.8, 4) is 0 Å². The first kappa shape index (κ1) is 18.2. The highest BCUT2D eigenvalue weighted by Crippen LogP contribution is 2.34. The van der Waals surface area contributed by atoms with Gasteiger partial charge in [0, 0.05) is 23.9 Å². The number of hydrogen-bond acceptors (Lipinski definition) is 6. The number of carbonyl (C=O) groups is 1. The molecule has 0 atom stereocenters. The molecule has 0 spiro atoms. The maximum atomic E-state index is 12.0. The normalized spacial score (nSPS) is 10.5. The van der Waals surface area contributed by atoms with Gasteiger partial charge in [-0.2, -0.15) is 0 Å². The lowest BCUT2D eigenvalue weighted by atomic mass is 10.3. The van der Waals surface area contributed by atoms with Gasteiger partial charge in [0.05, 0.1) is 26.4 Å². The maximum absolute atomic E-state index is 12.0. The quantitative estimate of drug-likeness (QED) is 0.351. The number of nitrogens with zero attached hydrogens (tertiary/aromatic N) is 2. The van der Waals surface area contributed by atoms with E-state index in [1.54, 1.807) is 6.92 Å². The SMILES string of the molecule is Cc1cc(=O)[nH]c(SCC(=O)Nc2c(Cl)cc([N+](=O)[O-])cc2Cl)n1. The van der Waals surface area contributed by atoms with Crippen molar-refractivity contribution >= 4 is 52.2 Å². The molecular formula is C13H10Cl2N4O4S. The van der Waals surface area contributed by atoms with Gasteiger partial charge >= 0.3 is 0 Å². The highest BCUT2D eigenvalue weighted by molar-refractivity contribution is 7.99. The summed E-state index contributed by atoms with van der Waals surface area (Å²) in [7, 11) is 0. The molecule has 11 heteroatoms. The first-order chi connectivity index (χ1) is 11.3. The number of aromatic nitrogens is 2. The summed E-state index contributed by atoms with van der Waals surface area (Å²) in [6, 6.07) is 3.52. The van der Waals surface area contributed by atoms with Crippen LogP contribution < -0.4 is 10.9 Å². The van der Waals surface area contributed by atoms with Gasteiger partial charge in [-0.1, -0.05) is 35.0 Å². The standard InChI is InChI=1S/C13H10Cl2N4O4S/c1-6-2-10(20)18-13(16-6)24-5-11(21)17-12-8(14)3-7(19(22)23)4-9(12)15/h2-4H,5H2,1H3,(H,17,21)(H,16,18,20). The fourth-order valence-electron chi connectivity index (χ4n) is 1.71. The predicted molar refractivity (Wildman–Crippen MR) is 92.1 cm³/mol. The van der Waals surface area contributed by atoms with E-state index < -0.39 is 10.8 Å². The molecule has 1 heterocycles. The molecule has 0 saturated heterocycles. The van der Waals surface area contributed by atoms with Crippen LogP contribution in [0, 0.1) is 17.0 Å². The van der Waals surface area contributed by atoms with Crippen LogP contribution in [-0.4, -0.2) is 26.6 Å². The summed E-state index contributed by atoms with van der Waals surface area (Å²) >= 11 is 12.8. The Morgan fingerprint density at radius 2 is 2.00 bits per heavy atom. The van der Waals surface area contributed by atoms with E-state index in [0.717, 1.165) is 23.9 Å². The van der Waals surface area contributed by atoms with E-state index in [1.165, 1.54) is 6.07 Å². The highest BCUT2D eigenvalue weighted by atomic mass is 35.5. The Kier molecular flexibility index (Phi) is 5.81. The van der Waals surface area contributed by atoms with Gasteiger partial charge in [-0.3, -0.25) is 19.7 Å². The lowest BCUT2D eigenvalue weighted by Crippen LogP contribution is -2.16. The second kappa shape index (κ2) is 7.65. The van der Waals surface area contributed by atoms with Crippen LogP contribution in [0.1, 0.15) is 5.69 Å². The fraction of sp³-hybridized carbons (Fsp3) is 0.154. The number of H-pyrrole nitrogens is 1. The third kappa shape index (κ3) is 4.70. The van der Waals surface area contributed by atoms with Crippen LogP contribution in [-0.2, 0) is 4.79 Å². The minimum atomic E-state index is -0.640. The number of nitro benzene ring substituents is 1. The number of halogens is 2. The molecule has 0 aliphatic carbocycles. The number of non-ortho nitro benzene ring substituents is 1. The van der Waals surface area contributed by atoms with Crippen molar-refractivity contribution in [2.75, 3.05) is 11.1 Å². The number of benzene rings is 1. The zero-order valence-electron chi connectivity index (χ0n) is 12.1. The zero-order chi connectivity index (χ0) is 17.9. The number of carbonyl (C=O) groups excluding carboxylic acids is 1. The van der Waals surface area contributed by atoms with E-state index in [4.69, 9.17) is 23.2 Å². The average Bonchev–Trinajstić information content (AvgIpc) is 2.47. The summed E-state index contributed by atoms with van der Waals surface area (Å²) in [6.45, 7) is 1.66. The Morgan fingerprint density at radius 3 is 2.54 bits per heavy atom. The minimum absolute atomic E-state index is 0.0466. The van der Waals surface area contributed by atoms with Gasteiger partial charge in [0.2, 0.25) is 5.91 Å². The number of amides is 1. The number of aryl methyl sites for hydroxylation is 1. The van der Waals surface area contributed by atoms with Gasteiger partial charge in [0.15, 0.2) is 5.16 Å². The van der Waals surface area contributed by atoms with Crippen LogP contribution in [0.4, 0.5) is 11.4 Å². The summed E-state index contributed by atoms with van der Waals surface area (Å²) in [5.41, 5.74) is 0.0223. The molecule has 0 fully saturated rings. The number of anilines is 1. The number of nitrogens with one attached hydrogen (secondary N) is 2. The average molecular weight is 389 g/mol. The number of thioether (sulfide) groups is 1. The van der Waals surface area contributed by atoms with Crippen molar-refractivity contribution in [2.24, 2.45) is 0 Å². The van der Waals surface area contributed by atoms with Crippen LogP contribution in [0.25, 0.3) is 0 Å². The highest BCUT2D eigenvalue weighted by Gasteiger charge is 2.16. The molecule has 1 amide bonds. The summed E-state index contributed by atoms with van der Waals surface area (Å²) in [6.07, 6.45) is 0. The molecule has 0 radical (unpaired) electrons. The summed E-state index contributed by atoms with van der Waals surface area (Å²) < 4.78 is 0. The van der Waals surface area contributed by atoms with Gasteiger partial charge < -0.3 is 10.3 Å². The summed E-state index contributed by atoms with van der Waals surface area (Å²) in [5.74, 6) is -0.516. The third-order valence-corrected chi connectivity index (χ3v) is 4.16. The lowest BCUT2D eigenvalue weighted by Gasteiger charge is -2.09. The van der Waals surface area contributed by atoms with Gasteiger partial charge in [-0.25, -0.2) is 4.98 Å². The lowest BCUT2D eigenvalue weighted by molar-refractivity contribution is -0.384. The van der Waals surface area contributed by atoms with E-state index in [-0.39, 0.29) is 32.7 Å². The number of aromatic amines is 1. The van der Waals surface area contributed by atoms with Crippen LogP contribution >= 0.6 is 35.0 Å². The van der Waals surface area contributed by atoms with E-state index in [9.17, 15) is 19.7 Å². The third-order valence-electron chi connectivity index (χ3n) is 2.69. The molecule has 0 bridgehead atoms. The van der Waals surface area contributed by atoms with Gasteiger partial charge in [-0.05, 0) is 6.92 Å².